The van der Waals surface area contributed by atoms with Crippen molar-refractivity contribution in [1.29, 1.82) is 0 Å². The summed E-state index contributed by atoms with van der Waals surface area (Å²) in [5, 5.41) is 3.16. The van der Waals surface area contributed by atoms with Gasteiger partial charge in [0, 0.05) is 12.5 Å². The first-order valence-corrected chi connectivity index (χ1v) is 9.01. The molecule has 0 spiro atoms. The standard InChI is InChI=1S/C19H27FN2O/c20-17-10-8-15(9-11-17)18(22-12-4-1-5-13-22)14-21-19(23)16-6-2-3-7-16/h8-11,16,18H,1-7,12-14H2,(H,21,23)/t18-/m1/s1. The van der Waals surface area contributed by atoms with Crippen LogP contribution in [0, 0.1) is 11.7 Å². The van der Waals surface area contributed by atoms with E-state index in [4.69, 9.17) is 0 Å². The maximum Gasteiger partial charge on any atom is 0.223 e. The molecule has 1 saturated heterocycles. The molecule has 3 nitrogen and oxygen atoms in total. The number of hydrogen-bond acceptors (Lipinski definition) is 2. The highest BCUT2D eigenvalue weighted by Crippen LogP contribution is 2.27. The minimum Gasteiger partial charge on any atom is -0.354 e. The van der Waals surface area contributed by atoms with Crippen molar-refractivity contribution < 1.29 is 9.18 Å². The van der Waals surface area contributed by atoms with Gasteiger partial charge in [0.15, 0.2) is 0 Å². The lowest BCUT2D eigenvalue weighted by molar-refractivity contribution is -0.125. The molecule has 0 unspecified atom stereocenters. The van der Waals surface area contributed by atoms with Crippen LogP contribution in [0.15, 0.2) is 24.3 Å². The van der Waals surface area contributed by atoms with Gasteiger partial charge in [-0.2, -0.15) is 0 Å². The molecule has 1 atom stereocenters. The number of halogens is 1. The summed E-state index contributed by atoms with van der Waals surface area (Å²) < 4.78 is 13.2. The van der Waals surface area contributed by atoms with Gasteiger partial charge in [0.2, 0.25) is 5.91 Å². The number of piperidine rings is 1. The van der Waals surface area contributed by atoms with E-state index in [-0.39, 0.29) is 23.7 Å². The van der Waals surface area contributed by atoms with Crippen LogP contribution in [0.1, 0.15) is 56.6 Å². The van der Waals surface area contributed by atoms with Crippen molar-refractivity contribution in [3.8, 4) is 0 Å². The number of nitrogens with zero attached hydrogens (tertiary/aromatic N) is 1. The molecule has 4 heteroatoms. The zero-order valence-electron chi connectivity index (χ0n) is 13.8. The molecule has 0 aromatic heterocycles. The lowest BCUT2D eigenvalue weighted by Gasteiger charge is -2.35. The summed E-state index contributed by atoms with van der Waals surface area (Å²) in [4.78, 5) is 14.8. The van der Waals surface area contributed by atoms with Gasteiger partial charge in [0.05, 0.1) is 6.04 Å². The van der Waals surface area contributed by atoms with Gasteiger partial charge < -0.3 is 5.32 Å². The summed E-state index contributed by atoms with van der Waals surface area (Å²) in [6.07, 6.45) is 8.08. The Balaban J connectivity index is 1.66. The monoisotopic (exact) mass is 318 g/mol. The van der Waals surface area contributed by atoms with E-state index in [1.54, 1.807) is 0 Å². The molecule has 1 aliphatic carbocycles. The third-order valence-electron chi connectivity index (χ3n) is 5.28. The average Bonchev–Trinajstić information content (AvgIpc) is 3.12. The van der Waals surface area contributed by atoms with Crippen molar-refractivity contribution in [2.75, 3.05) is 19.6 Å². The Morgan fingerprint density at radius 1 is 1.09 bits per heavy atom. The molecule has 0 radical (unpaired) electrons. The summed E-state index contributed by atoms with van der Waals surface area (Å²) in [6.45, 7) is 2.74. The van der Waals surface area contributed by atoms with Crippen molar-refractivity contribution in [3.05, 3.63) is 35.6 Å². The Morgan fingerprint density at radius 3 is 2.39 bits per heavy atom. The van der Waals surface area contributed by atoms with Crippen molar-refractivity contribution in [3.63, 3.8) is 0 Å². The lowest BCUT2D eigenvalue weighted by Crippen LogP contribution is -2.41. The average molecular weight is 318 g/mol. The van der Waals surface area contributed by atoms with E-state index in [9.17, 15) is 9.18 Å². The van der Waals surface area contributed by atoms with Crippen LogP contribution in [0.25, 0.3) is 0 Å². The number of likely N-dealkylation sites (tertiary alicyclic amines) is 1. The molecule has 1 aliphatic heterocycles. The van der Waals surface area contributed by atoms with Gasteiger partial charge in [-0.3, -0.25) is 9.69 Å². The van der Waals surface area contributed by atoms with Crippen LogP contribution in [0.4, 0.5) is 4.39 Å². The second-order valence-corrected chi connectivity index (χ2v) is 6.89. The molecular weight excluding hydrogens is 291 g/mol. The lowest BCUT2D eigenvalue weighted by atomic mass is 10.0. The van der Waals surface area contributed by atoms with Crippen molar-refractivity contribution >= 4 is 5.91 Å². The Morgan fingerprint density at radius 2 is 1.74 bits per heavy atom. The maximum absolute atomic E-state index is 13.2. The van der Waals surface area contributed by atoms with Gasteiger partial charge in [0.25, 0.3) is 0 Å². The predicted molar refractivity (Wildman–Crippen MR) is 89.5 cm³/mol. The molecule has 126 valence electrons. The fraction of sp³-hybridized carbons (Fsp3) is 0.632. The quantitative estimate of drug-likeness (QED) is 0.898. The molecule has 1 heterocycles. The molecule has 1 aromatic rings. The highest BCUT2D eigenvalue weighted by atomic mass is 19.1. The highest BCUT2D eigenvalue weighted by Gasteiger charge is 2.26. The summed E-state index contributed by atoms with van der Waals surface area (Å²) in [7, 11) is 0. The van der Waals surface area contributed by atoms with Gasteiger partial charge in [-0.25, -0.2) is 4.39 Å². The van der Waals surface area contributed by atoms with Crippen LogP contribution in [0.5, 0.6) is 0 Å². The molecule has 23 heavy (non-hydrogen) atoms. The first kappa shape index (κ1) is 16.4. The number of rotatable bonds is 5. The topological polar surface area (TPSA) is 32.3 Å². The van der Waals surface area contributed by atoms with Gasteiger partial charge in [-0.1, -0.05) is 31.4 Å². The minimum atomic E-state index is -0.207. The van der Waals surface area contributed by atoms with Gasteiger partial charge in [-0.15, -0.1) is 0 Å². The smallest absolute Gasteiger partial charge is 0.223 e. The van der Waals surface area contributed by atoms with Crippen LogP contribution in [0.2, 0.25) is 0 Å². The number of benzene rings is 1. The molecule has 2 fully saturated rings. The normalized spacial score (nSPS) is 21.3. The van der Waals surface area contributed by atoms with Crippen LogP contribution in [-0.4, -0.2) is 30.4 Å². The predicted octanol–water partition coefficient (Wildman–Crippen LogP) is 3.66. The third kappa shape index (κ3) is 4.31. The SMILES string of the molecule is O=C(NC[C@H](c1ccc(F)cc1)N1CCCCC1)C1CCCC1. The van der Waals surface area contributed by atoms with E-state index < -0.39 is 0 Å². The first-order valence-electron chi connectivity index (χ1n) is 9.01. The number of hydrogen-bond donors (Lipinski definition) is 1. The van der Waals surface area contributed by atoms with E-state index in [2.05, 4.69) is 10.2 Å². The molecular formula is C19H27FN2O. The molecule has 1 amide bonds. The molecule has 1 aromatic carbocycles. The second kappa shape index (κ2) is 7.91. The Bertz CT molecular complexity index is 505. The zero-order chi connectivity index (χ0) is 16.1. The van der Waals surface area contributed by atoms with Gasteiger partial charge in [0.1, 0.15) is 5.82 Å². The fourth-order valence-corrected chi connectivity index (χ4v) is 3.90. The fourth-order valence-electron chi connectivity index (χ4n) is 3.90. The van der Waals surface area contributed by atoms with E-state index in [0.29, 0.717) is 6.54 Å². The Kier molecular flexibility index (Phi) is 5.65. The van der Waals surface area contributed by atoms with E-state index in [1.165, 1.54) is 44.2 Å². The largest absolute Gasteiger partial charge is 0.354 e. The Labute approximate surface area is 138 Å². The summed E-state index contributed by atoms with van der Waals surface area (Å²) in [5.41, 5.74) is 1.10. The van der Waals surface area contributed by atoms with Gasteiger partial charge >= 0.3 is 0 Å². The third-order valence-corrected chi connectivity index (χ3v) is 5.28. The zero-order valence-corrected chi connectivity index (χ0v) is 13.8. The minimum absolute atomic E-state index is 0.154. The molecule has 0 bridgehead atoms. The summed E-state index contributed by atoms with van der Waals surface area (Å²) in [6, 6.07) is 6.91. The second-order valence-electron chi connectivity index (χ2n) is 6.89. The molecule has 3 rings (SSSR count). The number of nitrogens with one attached hydrogen (secondary N) is 1. The first-order chi connectivity index (χ1) is 11.2. The molecule has 1 saturated carbocycles. The summed E-state index contributed by atoms with van der Waals surface area (Å²) >= 11 is 0. The van der Waals surface area contributed by atoms with Crippen molar-refractivity contribution in [2.45, 2.75) is 51.0 Å². The van der Waals surface area contributed by atoms with Crippen molar-refractivity contribution in [1.82, 2.24) is 10.2 Å². The van der Waals surface area contributed by atoms with E-state index >= 15 is 0 Å². The van der Waals surface area contributed by atoms with Crippen LogP contribution in [-0.2, 0) is 4.79 Å². The van der Waals surface area contributed by atoms with Gasteiger partial charge in [-0.05, 0) is 56.5 Å². The number of carbonyl (C=O) groups is 1. The highest BCUT2D eigenvalue weighted by molar-refractivity contribution is 5.78. The van der Waals surface area contributed by atoms with E-state index in [0.717, 1.165) is 31.5 Å². The number of amides is 1. The van der Waals surface area contributed by atoms with Crippen molar-refractivity contribution in [2.24, 2.45) is 5.92 Å². The summed E-state index contributed by atoms with van der Waals surface area (Å²) in [5.74, 6) is 0.193. The van der Waals surface area contributed by atoms with Crippen LogP contribution < -0.4 is 5.32 Å². The van der Waals surface area contributed by atoms with E-state index in [1.807, 2.05) is 12.1 Å². The maximum atomic E-state index is 13.2. The van der Waals surface area contributed by atoms with Crippen LogP contribution >= 0.6 is 0 Å². The number of carbonyl (C=O) groups excluding carboxylic acids is 1. The van der Waals surface area contributed by atoms with Crippen LogP contribution in [0.3, 0.4) is 0 Å². The molecule has 2 aliphatic rings. The Hall–Kier alpha value is -1.42. The molecule has 1 N–H and O–H groups in total.